The highest BCUT2D eigenvalue weighted by Gasteiger charge is 2.40. The molecular weight excluding hydrogens is 302 g/mol. The second kappa shape index (κ2) is 6.93. The van der Waals surface area contributed by atoms with Crippen LogP contribution in [0.15, 0.2) is 24.3 Å². The molecule has 2 atom stereocenters. The summed E-state index contributed by atoms with van der Waals surface area (Å²) in [5.41, 5.74) is 7.83. The van der Waals surface area contributed by atoms with Crippen LogP contribution in [-0.4, -0.2) is 24.9 Å². The van der Waals surface area contributed by atoms with Crippen LogP contribution in [0.2, 0.25) is 0 Å². The summed E-state index contributed by atoms with van der Waals surface area (Å²) in [6.07, 6.45) is 5.35. The second-order valence-corrected chi connectivity index (χ2v) is 7.31. The van der Waals surface area contributed by atoms with E-state index in [1.807, 2.05) is 24.3 Å². The quantitative estimate of drug-likeness (QED) is 0.895. The first-order valence-corrected chi connectivity index (χ1v) is 8.86. The van der Waals surface area contributed by atoms with Crippen LogP contribution in [0.5, 0.6) is 0 Å². The van der Waals surface area contributed by atoms with Gasteiger partial charge < -0.3 is 16.0 Å². The molecule has 1 aromatic rings. The fourth-order valence-electron chi connectivity index (χ4n) is 4.22. The van der Waals surface area contributed by atoms with E-state index in [1.54, 1.807) is 11.9 Å². The van der Waals surface area contributed by atoms with Gasteiger partial charge in [0.05, 0.1) is 0 Å². The molecule has 2 aliphatic rings. The van der Waals surface area contributed by atoms with Gasteiger partial charge in [0.25, 0.3) is 0 Å². The number of hydrogen-bond acceptors (Lipinski definition) is 3. The Morgan fingerprint density at radius 3 is 2.50 bits per heavy atom. The smallest absolute Gasteiger partial charge is 0.227 e. The van der Waals surface area contributed by atoms with E-state index in [2.05, 4.69) is 5.32 Å². The number of rotatable bonds is 3. The lowest BCUT2D eigenvalue weighted by atomic mass is 9.65. The maximum atomic E-state index is 12.7. The van der Waals surface area contributed by atoms with Gasteiger partial charge in [-0.05, 0) is 55.7 Å². The molecule has 0 aromatic heterocycles. The molecule has 0 saturated heterocycles. The summed E-state index contributed by atoms with van der Waals surface area (Å²) in [4.78, 5) is 25.8. The molecule has 130 valence electrons. The lowest BCUT2D eigenvalue weighted by molar-refractivity contribution is -0.122. The van der Waals surface area contributed by atoms with E-state index in [0.29, 0.717) is 11.8 Å². The van der Waals surface area contributed by atoms with Gasteiger partial charge in [-0.15, -0.1) is 0 Å². The van der Waals surface area contributed by atoms with Gasteiger partial charge in [-0.3, -0.25) is 9.59 Å². The maximum absolute atomic E-state index is 12.7. The molecule has 2 aliphatic carbocycles. The molecule has 2 amide bonds. The largest absolute Gasteiger partial charge is 0.327 e. The van der Waals surface area contributed by atoms with Crippen molar-refractivity contribution in [1.82, 2.24) is 0 Å². The first kappa shape index (κ1) is 17.0. The third-order valence-corrected chi connectivity index (χ3v) is 5.76. The van der Waals surface area contributed by atoms with Gasteiger partial charge in [-0.2, -0.15) is 0 Å². The molecule has 0 radical (unpaired) electrons. The van der Waals surface area contributed by atoms with Crippen molar-refractivity contribution < 1.29 is 9.59 Å². The highest BCUT2D eigenvalue weighted by molar-refractivity contribution is 5.95. The number of amides is 2. The van der Waals surface area contributed by atoms with Crippen molar-refractivity contribution in [3.63, 3.8) is 0 Å². The average Bonchev–Trinajstić information content (AvgIpc) is 2.54. The molecular formula is C19H27N3O2. The Bertz CT molecular complexity index is 617. The number of anilines is 2. The monoisotopic (exact) mass is 329 g/mol. The zero-order valence-corrected chi connectivity index (χ0v) is 14.5. The van der Waals surface area contributed by atoms with Crippen LogP contribution in [-0.2, 0) is 9.59 Å². The van der Waals surface area contributed by atoms with Crippen molar-refractivity contribution in [2.75, 3.05) is 17.3 Å². The van der Waals surface area contributed by atoms with Crippen LogP contribution in [0.25, 0.3) is 0 Å². The molecule has 0 aliphatic heterocycles. The molecule has 2 fully saturated rings. The highest BCUT2D eigenvalue weighted by Crippen LogP contribution is 2.42. The van der Waals surface area contributed by atoms with Gasteiger partial charge in [0, 0.05) is 37.3 Å². The van der Waals surface area contributed by atoms with Crippen molar-refractivity contribution in [2.24, 2.45) is 23.5 Å². The van der Waals surface area contributed by atoms with E-state index in [0.717, 1.165) is 37.1 Å². The first-order valence-electron chi connectivity index (χ1n) is 8.86. The molecule has 3 rings (SSSR count). The normalized spacial score (nSPS) is 29.0. The fraction of sp³-hybridized carbons (Fsp3) is 0.579. The van der Waals surface area contributed by atoms with Crippen molar-refractivity contribution in [1.29, 1.82) is 0 Å². The molecule has 0 heterocycles. The molecule has 0 spiro atoms. The minimum atomic E-state index is -0.0347. The van der Waals surface area contributed by atoms with E-state index >= 15 is 0 Å². The molecule has 3 N–H and O–H groups in total. The lowest BCUT2D eigenvalue weighted by Gasteiger charge is -2.43. The topological polar surface area (TPSA) is 75.4 Å². The molecule has 2 bridgehead atoms. The van der Waals surface area contributed by atoms with Crippen molar-refractivity contribution in [2.45, 2.75) is 45.1 Å². The molecule has 5 heteroatoms. The molecule has 1 aromatic carbocycles. The van der Waals surface area contributed by atoms with Crippen LogP contribution in [0.1, 0.15) is 39.0 Å². The summed E-state index contributed by atoms with van der Waals surface area (Å²) in [5.74, 6) is 1.08. The Balaban J connectivity index is 1.67. The predicted molar refractivity (Wildman–Crippen MR) is 95.7 cm³/mol. The molecule has 2 saturated carbocycles. The van der Waals surface area contributed by atoms with E-state index in [4.69, 9.17) is 5.73 Å². The van der Waals surface area contributed by atoms with Crippen LogP contribution >= 0.6 is 0 Å². The van der Waals surface area contributed by atoms with Gasteiger partial charge in [0.15, 0.2) is 0 Å². The Labute approximate surface area is 143 Å². The average molecular weight is 329 g/mol. The van der Waals surface area contributed by atoms with Gasteiger partial charge in [0.1, 0.15) is 0 Å². The Hall–Kier alpha value is -1.88. The van der Waals surface area contributed by atoms with Crippen LogP contribution in [0.4, 0.5) is 11.4 Å². The highest BCUT2D eigenvalue weighted by atomic mass is 16.2. The zero-order valence-electron chi connectivity index (χ0n) is 14.5. The summed E-state index contributed by atoms with van der Waals surface area (Å²) in [6, 6.07) is 7.70. The van der Waals surface area contributed by atoms with Gasteiger partial charge in [-0.25, -0.2) is 0 Å². The van der Waals surface area contributed by atoms with E-state index in [9.17, 15) is 9.59 Å². The molecule has 24 heavy (non-hydrogen) atoms. The number of fused-ring (bicyclic) bond motifs is 2. The number of benzene rings is 1. The Morgan fingerprint density at radius 1 is 1.21 bits per heavy atom. The summed E-state index contributed by atoms with van der Waals surface area (Å²) in [5, 5.41) is 3.03. The third kappa shape index (κ3) is 3.46. The van der Waals surface area contributed by atoms with Crippen LogP contribution in [0, 0.1) is 17.8 Å². The Kier molecular flexibility index (Phi) is 4.90. The number of carbonyl (C=O) groups is 2. The fourth-order valence-corrected chi connectivity index (χ4v) is 4.22. The number of hydrogen-bond donors (Lipinski definition) is 2. The first-order chi connectivity index (χ1) is 11.5. The summed E-state index contributed by atoms with van der Waals surface area (Å²) in [7, 11) is 1.73. The van der Waals surface area contributed by atoms with E-state index in [1.165, 1.54) is 13.3 Å². The summed E-state index contributed by atoms with van der Waals surface area (Å²) >= 11 is 0. The molecule has 5 nitrogen and oxygen atoms in total. The Morgan fingerprint density at radius 2 is 1.88 bits per heavy atom. The summed E-state index contributed by atoms with van der Waals surface area (Å²) < 4.78 is 0. The van der Waals surface area contributed by atoms with Crippen molar-refractivity contribution in [3.8, 4) is 0 Å². The van der Waals surface area contributed by atoms with E-state index in [-0.39, 0.29) is 23.8 Å². The number of nitrogens with two attached hydrogens (primary N) is 1. The predicted octanol–water partition coefficient (Wildman–Crippen LogP) is 2.76. The van der Waals surface area contributed by atoms with Gasteiger partial charge in [-0.1, -0.05) is 12.5 Å². The minimum absolute atomic E-state index is 0.0347. The van der Waals surface area contributed by atoms with Gasteiger partial charge in [0.2, 0.25) is 11.8 Å². The minimum Gasteiger partial charge on any atom is -0.327 e. The second-order valence-electron chi connectivity index (χ2n) is 7.31. The number of nitrogens with zero attached hydrogens (tertiary/aromatic N) is 1. The van der Waals surface area contributed by atoms with Crippen LogP contribution < -0.4 is 16.0 Å². The third-order valence-electron chi connectivity index (χ3n) is 5.76. The standard InChI is InChI=1S/C19H27N3O2/c1-12(23)22(2)17-8-4-7-16(11-17)21-19(24)15-9-13-5-3-6-14(10-15)18(13)20/h4,7-8,11,13-15,18H,3,5-6,9-10,20H2,1-2H3,(H,21,24). The lowest BCUT2D eigenvalue weighted by Crippen LogP contribution is -2.48. The zero-order chi connectivity index (χ0) is 17.3. The maximum Gasteiger partial charge on any atom is 0.227 e. The number of carbonyl (C=O) groups excluding carboxylic acids is 2. The molecule has 2 unspecified atom stereocenters. The van der Waals surface area contributed by atoms with Crippen molar-refractivity contribution in [3.05, 3.63) is 24.3 Å². The van der Waals surface area contributed by atoms with Crippen molar-refractivity contribution >= 4 is 23.2 Å². The SMILES string of the molecule is CC(=O)N(C)c1cccc(NC(=O)C2CC3CCCC(C2)C3N)c1. The van der Waals surface area contributed by atoms with E-state index < -0.39 is 0 Å². The van der Waals surface area contributed by atoms with Crippen LogP contribution in [0.3, 0.4) is 0 Å². The van der Waals surface area contributed by atoms with Gasteiger partial charge >= 0.3 is 0 Å². The number of nitrogens with one attached hydrogen (secondary N) is 1. The summed E-state index contributed by atoms with van der Waals surface area (Å²) in [6.45, 7) is 1.52.